The third-order valence-corrected chi connectivity index (χ3v) is 3.89. The maximum atomic E-state index is 6.25. The zero-order valence-electron chi connectivity index (χ0n) is 12.7. The number of aromatic nitrogens is 4. The van der Waals surface area contributed by atoms with Crippen molar-refractivity contribution < 1.29 is 4.42 Å². The smallest absolute Gasteiger partial charge is 0.270 e. The Balaban J connectivity index is 1.81. The molecule has 2 heterocycles. The zero-order valence-corrected chi connectivity index (χ0v) is 13.4. The zero-order chi connectivity index (χ0) is 16.7. The predicted molar refractivity (Wildman–Crippen MR) is 92.4 cm³/mol. The lowest BCUT2D eigenvalue weighted by molar-refractivity contribution is 0.582. The second-order valence-corrected chi connectivity index (χ2v) is 5.75. The molecule has 24 heavy (non-hydrogen) atoms. The van der Waals surface area contributed by atoms with E-state index in [1.165, 1.54) is 0 Å². The third-order valence-electron chi connectivity index (χ3n) is 3.58. The number of benzene rings is 2. The van der Waals surface area contributed by atoms with E-state index >= 15 is 0 Å². The maximum absolute atomic E-state index is 6.25. The standard InChI is InChI=1S/C17H12ClN5O/c1-9-6-7-10(11(18)8-9)16-22-23-17(24-16)14-15(19)21-13-5-3-2-4-12(13)20-14/h2-8H,1H3,(H2,19,21). The van der Waals surface area contributed by atoms with Gasteiger partial charge in [0, 0.05) is 0 Å². The Kier molecular flexibility index (Phi) is 3.39. The van der Waals surface area contributed by atoms with E-state index in [-0.39, 0.29) is 11.7 Å². The summed E-state index contributed by atoms with van der Waals surface area (Å²) in [5.41, 5.74) is 9.47. The summed E-state index contributed by atoms with van der Waals surface area (Å²) in [7, 11) is 0. The molecule has 6 nitrogen and oxygen atoms in total. The summed E-state index contributed by atoms with van der Waals surface area (Å²) < 4.78 is 5.72. The molecule has 0 aliphatic heterocycles. The number of rotatable bonds is 2. The van der Waals surface area contributed by atoms with E-state index in [0.717, 1.165) is 5.56 Å². The first-order valence-corrected chi connectivity index (χ1v) is 7.62. The van der Waals surface area contributed by atoms with E-state index in [1.807, 2.05) is 49.4 Å². The van der Waals surface area contributed by atoms with Crippen molar-refractivity contribution in [3.8, 4) is 23.0 Å². The van der Waals surface area contributed by atoms with Crippen molar-refractivity contribution in [3.05, 3.63) is 53.1 Å². The van der Waals surface area contributed by atoms with Gasteiger partial charge in [-0.3, -0.25) is 0 Å². The Bertz CT molecular complexity index is 1060. The summed E-state index contributed by atoms with van der Waals surface area (Å²) in [4.78, 5) is 8.80. The summed E-state index contributed by atoms with van der Waals surface area (Å²) in [6.07, 6.45) is 0. The van der Waals surface area contributed by atoms with Crippen LogP contribution in [0.2, 0.25) is 5.02 Å². The van der Waals surface area contributed by atoms with Crippen molar-refractivity contribution in [1.29, 1.82) is 0 Å². The van der Waals surface area contributed by atoms with E-state index in [2.05, 4.69) is 20.2 Å². The number of nitrogens with zero attached hydrogens (tertiary/aromatic N) is 4. The molecule has 0 spiro atoms. The van der Waals surface area contributed by atoms with Gasteiger partial charge in [0.1, 0.15) is 0 Å². The number of hydrogen-bond donors (Lipinski definition) is 1. The Labute approximate surface area is 142 Å². The van der Waals surface area contributed by atoms with Crippen molar-refractivity contribution >= 4 is 28.5 Å². The van der Waals surface area contributed by atoms with Crippen LogP contribution in [0, 0.1) is 6.92 Å². The van der Waals surface area contributed by atoms with Crippen molar-refractivity contribution in [1.82, 2.24) is 20.2 Å². The number of anilines is 1. The second-order valence-electron chi connectivity index (χ2n) is 5.34. The first-order chi connectivity index (χ1) is 11.6. The highest BCUT2D eigenvalue weighted by Gasteiger charge is 2.17. The van der Waals surface area contributed by atoms with Gasteiger partial charge in [-0.1, -0.05) is 29.8 Å². The number of halogens is 1. The molecule has 2 aromatic carbocycles. The van der Waals surface area contributed by atoms with Crippen LogP contribution in [0.25, 0.3) is 34.1 Å². The Morgan fingerprint density at radius 2 is 1.67 bits per heavy atom. The minimum absolute atomic E-state index is 0.206. The number of nitrogen functional groups attached to an aromatic ring is 1. The van der Waals surface area contributed by atoms with Crippen LogP contribution in [0.1, 0.15) is 5.56 Å². The number of aryl methyl sites for hydroxylation is 1. The fourth-order valence-corrected chi connectivity index (χ4v) is 2.71. The predicted octanol–water partition coefficient (Wildman–Crippen LogP) is 3.89. The lowest BCUT2D eigenvalue weighted by Gasteiger charge is -2.02. The van der Waals surface area contributed by atoms with Crippen LogP contribution in [-0.4, -0.2) is 20.2 Å². The minimum atomic E-state index is 0.206. The molecule has 0 saturated carbocycles. The lowest BCUT2D eigenvalue weighted by atomic mass is 10.1. The summed E-state index contributed by atoms with van der Waals surface area (Å²) in [5.74, 6) is 0.751. The van der Waals surface area contributed by atoms with Gasteiger partial charge in [0.25, 0.3) is 5.89 Å². The molecule has 0 atom stereocenters. The summed E-state index contributed by atoms with van der Waals surface area (Å²) >= 11 is 6.25. The molecule has 0 radical (unpaired) electrons. The van der Waals surface area contributed by atoms with Gasteiger partial charge in [0.15, 0.2) is 11.5 Å². The SMILES string of the molecule is Cc1ccc(-c2nnc(-c3nc4ccccc4nc3N)o2)c(Cl)c1. The minimum Gasteiger partial charge on any atom is -0.414 e. The molecule has 4 rings (SSSR count). The number of nitrogens with two attached hydrogens (primary N) is 1. The molecule has 0 aliphatic carbocycles. The molecule has 7 heteroatoms. The van der Waals surface area contributed by atoms with E-state index in [4.69, 9.17) is 21.8 Å². The summed E-state index contributed by atoms with van der Waals surface area (Å²) in [5, 5.41) is 8.63. The Morgan fingerprint density at radius 3 is 2.42 bits per heavy atom. The van der Waals surface area contributed by atoms with Crippen LogP contribution in [-0.2, 0) is 0 Å². The molecule has 0 fully saturated rings. The van der Waals surface area contributed by atoms with Crippen LogP contribution >= 0.6 is 11.6 Å². The van der Waals surface area contributed by atoms with E-state index < -0.39 is 0 Å². The average molecular weight is 338 g/mol. The molecule has 0 unspecified atom stereocenters. The Morgan fingerprint density at radius 1 is 0.958 bits per heavy atom. The Hall–Kier alpha value is -2.99. The van der Waals surface area contributed by atoms with Crippen molar-refractivity contribution in [2.75, 3.05) is 5.73 Å². The number of hydrogen-bond acceptors (Lipinski definition) is 6. The molecular weight excluding hydrogens is 326 g/mol. The van der Waals surface area contributed by atoms with Gasteiger partial charge in [-0.2, -0.15) is 0 Å². The molecule has 118 valence electrons. The highest BCUT2D eigenvalue weighted by atomic mass is 35.5. The molecule has 0 bridgehead atoms. The van der Waals surface area contributed by atoms with E-state index in [0.29, 0.717) is 33.2 Å². The van der Waals surface area contributed by atoms with Gasteiger partial charge in [-0.15, -0.1) is 10.2 Å². The average Bonchev–Trinajstić information content (AvgIpc) is 3.03. The molecule has 2 N–H and O–H groups in total. The van der Waals surface area contributed by atoms with Crippen molar-refractivity contribution in [3.63, 3.8) is 0 Å². The largest absolute Gasteiger partial charge is 0.414 e. The maximum Gasteiger partial charge on any atom is 0.270 e. The highest BCUT2D eigenvalue weighted by molar-refractivity contribution is 6.33. The van der Waals surface area contributed by atoms with Crippen molar-refractivity contribution in [2.45, 2.75) is 6.92 Å². The van der Waals surface area contributed by atoms with Gasteiger partial charge >= 0.3 is 0 Å². The molecule has 0 aliphatic rings. The summed E-state index contributed by atoms with van der Waals surface area (Å²) in [6, 6.07) is 13.0. The monoisotopic (exact) mass is 337 g/mol. The molecule has 0 amide bonds. The van der Waals surface area contributed by atoms with Crippen LogP contribution < -0.4 is 5.73 Å². The summed E-state index contributed by atoms with van der Waals surface area (Å²) in [6.45, 7) is 1.96. The van der Waals surface area contributed by atoms with Crippen LogP contribution in [0.5, 0.6) is 0 Å². The second kappa shape index (κ2) is 5.58. The fraction of sp³-hybridized carbons (Fsp3) is 0.0588. The molecule has 0 saturated heterocycles. The van der Waals surface area contributed by atoms with E-state index in [9.17, 15) is 0 Å². The van der Waals surface area contributed by atoms with Gasteiger partial charge in [0.2, 0.25) is 5.89 Å². The van der Waals surface area contributed by atoms with Gasteiger partial charge < -0.3 is 10.2 Å². The molecular formula is C17H12ClN5O. The van der Waals surface area contributed by atoms with Gasteiger partial charge in [-0.05, 0) is 36.8 Å². The normalized spacial score (nSPS) is 11.1. The van der Waals surface area contributed by atoms with Gasteiger partial charge in [0.05, 0.1) is 21.6 Å². The topological polar surface area (TPSA) is 90.7 Å². The molecule has 4 aromatic rings. The molecule has 2 aromatic heterocycles. The first-order valence-electron chi connectivity index (χ1n) is 7.24. The van der Waals surface area contributed by atoms with Crippen LogP contribution in [0.3, 0.4) is 0 Å². The third kappa shape index (κ3) is 2.47. The first kappa shape index (κ1) is 14.6. The number of para-hydroxylation sites is 2. The van der Waals surface area contributed by atoms with Crippen LogP contribution in [0.15, 0.2) is 46.9 Å². The van der Waals surface area contributed by atoms with Crippen molar-refractivity contribution in [2.24, 2.45) is 0 Å². The number of fused-ring (bicyclic) bond motifs is 1. The van der Waals surface area contributed by atoms with Crippen LogP contribution in [0.4, 0.5) is 5.82 Å². The highest BCUT2D eigenvalue weighted by Crippen LogP contribution is 2.31. The quantitative estimate of drug-likeness (QED) is 0.596. The fourth-order valence-electron chi connectivity index (χ4n) is 2.39. The lowest BCUT2D eigenvalue weighted by Crippen LogP contribution is -1.98. The van der Waals surface area contributed by atoms with E-state index in [1.54, 1.807) is 0 Å². The van der Waals surface area contributed by atoms with Gasteiger partial charge in [-0.25, -0.2) is 9.97 Å².